The van der Waals surface area contributed by atoms with Gasteiger partial charge in [0.25, 0.3) is 5.69 Å². The maximum atomic E-state index is 12.1. The second-order valence-corrected chi connectivity index (χ2v) is 6.86. The van der Waals surface area contributed by atoms with Gasteiger partial charge in [-0.15, -0.1) is 10.2 Å². The number of benzene rings is 2. The van der Waals surface area contributed by atoms with E-state index in [1.54, 1.807) is 18.5 Å². The van der Waals surface area contributed by atoms with Gasteiger partial charge in [0.2, 0.25) is 5.16 Å². The molecule has 9 nitrogen and oxygen atoms in total. The maximum absolute atomic E-state index is 12.1. The van der Waals surface area contributed by atoms with Gasteiger partial charge in [-0.1, -0.05) is 42.1 Å². The van der Waals surface area contributed by atoms with E-state index in [0.717, 1.165) is 5.56 Å². The standard InChI is InChI=1S/C19H19N5O4S/c1-3-28-17-10-15(9-16(18(17)25)24(26)27)11-20-23-13(2)21-22-19(23)29-12-14-7-5-4-6-8-14/h4-11,25H,3,12H2,1-2H3/p-1/b20-11-. The van der Waals surface area contributed by atoms with Crippen molar-refractivity contribution in [3.63, 3.8) is 0 Å². The van der Waals surface area contributed by atoms with E-state index in [0.29, 0.717) is 22.3 Å². The molecule has 10 heteroatoms. The maximum Gasteiger partial charge on any atom is 0.266 e. The molecule has 0 saturated carbocycles. The SMILES string of the molecule is CCOc1cc(/C=N\n2c(C)nnc2SCc2ccccc2)cc([N+](=O)[O-])c1[O-]. The Morgan fingerprint density at radius 3 is 2.72 bits per heavy atom. The zero-order valence-electron chi connectivity index (χ0n) is 15.8. The van der Waals surface area contributed by atoms with Gasteiger partial charge in [0.05, 0.1) is 17.7 Å². The van der Waals surface area contributed by atoms with Crippen molar-refractivity contribution in [2.75, 3.05) is 6.61 Å². The minimum atomic E-state index is -0.756. The quantitative estimate of drug-likeness (QED) is 0.241. The van der Waals surface area contributed by atoms with Crippen molar-refractivity contribution in [3.8, 4) is 11.5 Å². The van der Waals surface area contributed by atoms with Crippen LogP contribution in [0.3, 0.4) is 0 Å². The number of thioether (sulfide) groups is 1. The number of hydrogen-bond acceptors (Lipinski definition) is 8. The molecule has 29 heavy (non-hydrogen) atoms. The third-order valence-corrected chi connectivity index (χ3v) is 4.85. The largest absolute Gasteiger partial charge is 0.865 e. The molecular weight excluding hydrogens is 394 g/mol. The molecule has 0 amide bonds. The zero-order valence-corrected chi connectivity index (χ0v) is 16.6. The van der Waals surface area contributed by atoms with E-state index in [1.165, 1.54) is 30.1 Å². The molecule has 0 fully saturated rings. The molecule has 3 aromatic rings. The number of aromatic nitrogens is 3. The van der Waals surface area contributed by atoms with Crippen LogP contribution in [0.15, 0.2) is 52.7 Å². The molecule has 0 aliphatic carbocycles. The summed E-state index contributed by atoms with van der Waals surface area (Å²) < 4.78 is 6.77. The summed E-state index contributed by atoms with van der Waals surface area (Å²) >= 11 is 1.47. The van der Waals surface area contributed by atoms with E-state index < -0.39 is 16.4 Å². The Morgan fingerprint density at radius 2 is 2.03 bits per heavy atom. The van der Waals surface area contributed by atoms with Crippen molar-refractivity contribution >= 4 is 23.7 Å². The highest BCUT2D eigenvalue weighted by Crippen LogP contribution is 2.34. The van der Waals surface area contributed by atoms with Gasteiger partial charge >= 0.3 is 0 Å². The zero-order chi connectivity index (χ0) is 20.8. The molecular formula is C19H18N5O4S-. The Hall–Kier alpha value is -3.40. The molecule has 0 N–H and O–H groups in total. The number of hydrogen-bond donors (Lipinski definition) is 0. The fourth-order valence-corrected chi connectivity index (χ4v) is 3.38. The molecule has 2 aromatic carbocycles. The number of ether oxygens (including phenoxy) is 1. The van der Waals surface area contributed by atoms with Gasteiger partial charge in [0.15, 0.2) is 5.82 Å². The Morgan fingerprint density at radius 1 is 1.28 bits per heavy atom. The lowest BCUT2D eigenvalue weighted by atomic mass is 10.2. The lowest BCUT2D eigenvalue weighted by Crippen LogP contribution is -2.04. The first-order valence-corrected chi connectivity index (χ1v) is 9.73. The van der Waals surface area contributed by atoms with Crippen LogP contribution in [0, 0.1) is 17.0 Å². The number of rotatable bonds is 8. The van der Waals surface area contributed by atoms with Crippen molar-refractivity contribution in [2.45, 2.75) is 24.8 Å². The highest BCUT2D eigenvalue weighted by molar-refractivity contribution is 7.98. The molecule has 0 saturated heterocycles. The van der Waals surface area contributed by atoms with Crippen LogP contribution in [0.2, 0.25) is 0 Å². The smallest absolute Gasteiger partial charge is 0.266 e. The molecule has 0 aliphatic heterocycles. The number of aryl methyl sites for hydroxylation is 1. The van der Waals surface area contributed by atoms with Gasteiger partial charge in [-0.05, 0) is 25.5 Å². The Bertz CT molecular complexity index is 1040. The lowest BCUT2D eigenvalue weighted by molar-refractivity contribution is -0.398. The summed E-state index contributed by atoms with van der Waals surface area (Å²) in [6.45, 7) is 3.67. The van der Waals surface area contributed by atoms with E-state index in [9.17, 15) is 15.2 Å². The molecule has 1 heterocycles. The third kappa shape index (κ3) is 4.91. The molecule has 150 valence electrons. The highest BCUT2D eigenvalue weighted by atomic mass is 32.2. The monoisotopic (exact) mass is 412 g/mol. The first kappa shape index (κ1) is 20.3. The molecule has 0 spiro atoms. The van der Waals surface area contributed by atoms with Crippen LogP contribution in [0.5, 0.6) is 11.5 Å². The molecule has 3 rings (SSSR count). The van der Waals surface area contributed by atoms with Crippen molar-refractivity contribution in [2.24, 2.45) is 5.10 Å². The third-order valence-electron chi connectivity index (χ3n) is 3.86. The fraction of sp³-hybridized carbons (Fsp3) is 0.211. The average Bonchev–Trinajstić information content (AvgIpc) is 3.07. The first-order chi connectivity index (χ1) is 14.0. The summed E-state index contributed by atoms with van der Waals surface area (Å²) in [7, 11) is 0. The highest BCUT2D eigenvalue weighted by Gasteiger charge is 2.14. The minimum Gasteiger partial charge on any atom is -0.865 e. The van der Waals surface area contributed by atoms with Gasteiger partial charge in [0.1, 0.15) is 5.75 Å². The summed E-state index contributed by atoms with van der Waals surface area (Å²) in [4.78, 5) is 10.4. The lowest BCUT2D eigenvalue weighted by Gasteiger charge is -2.14. The normalized spacial score (nSPS) is 11.1. The summed E-state index contributed by atoms with van der Waals surface area (Å²) in [6.07, 6.45) is 1.41. The Balaban J connectivity index is 1.86. The van der Waals surface area contributed by atoms with Crippen LogP contribution in [-0.4, -0.2) is 32.6 Å². The average molecular weight is 412 g/mol. The Labute approximate surface area is 171 Å². The number of nitro groups is 1. The van der Waals surface area contributed by atoms with Crippen LogP contribution in [0.1, 0.15) is 23.9 Å². The van der Waals surface area contributed by atoms with E-state index in [4.69, 9.17) is 4.74 Å². The number of nitro benzene ring substituents is 1. The van der Waals surface area contributed by atoms with Gasteiger partial charge in [-0.25, -0.2) is 0 Å². The van der Waals surface area contributed by atoms with Crippen LogP contribution < -0.4 is 9.84 Å². The number of nitrogens with zero attached hydrogens (tertiary/aromatic N) is 5. The van der Waals surface area contributed by atoms with Crippen molar-refractivity contribution in [3.05, 3.63) is 69.5 Å². The van der Waals surface area contributed by atoms with Crippen molar-refractivity contribution in [1.29, 1.82) is 0 Å². The molecule has 0 radical (unpaired) electrons. The summed E-state index contributed by atoms with van der Waals surface area (Å²) in [5.41, 5.74) is 0.945. The predicted molar refractivity (Wildman–Crippen MR) is 107 cm³/mol. The molecule has 1 aromatic heterocycles. The summed E-state index contributed by atoms with van der Waals surface area (Å²) in [5.74, 6) is 0.423. The van der Waals surface area contributed by atoms with Crippen LogP contribution in [0.4, 0.5) is 5.69 Å². The second-order valence-electron chi connectivity index (χ2n) is 5.92. The van der Waals surface area contributed by atoms with Crippen LogP contribution in [-0.2, 0) is 5.75 Å². The van der Waals surface area contributed by atoms with E-state index in [2.05, 4.69) is 15.3 Å². The van der Waals surface area contributed by atoms with E-state index >= 15 is 0 Å². The predicted octanol–water partition coefficient (Wildman–Crippen LogP) is 3.14. The molecule has 0 bridgehead atoms. The van der Waals surface area contributed by atoms with Crippen molar-refractivity contribution < 1.29 is 14.8 Å². The minimum absolute atomic E-state index is 0.0812. The molecule has 0 atom stereocenters. The van der Waals surface area contributed by atoms with Crippen LogP contribution in [0.25, 0.3) is 0 Å². The van der Waals surface area contributed by atoms with Gasteiger partial charge in [-0.2, -0.15) is 9.78 Å². The second kappa shape index (κ2) is 9.20. The topological polar surface area (TPSA) is 118 Å². The van der Waals surface area contributed by atoms with Gasteiger partial charge in [0, 0.05) is 23.1 Å². The molecule has 0 aliphatic rings. The van der Waals surface area contributed by atoms with Crippen LogP contribution >= 0.6 is 11.8 Å². The van der Waals surface area contributed by atoms with E-state index in [1.807, 2.05) is 30.3 Å². The van der Waals surface area contributed by atoms with Gasteiger partial charge < -0.3 is 9.84 Å². The van der Waals surface area contributed by atoms with Crippen molar-refractivity contribution in [1.82, 2.24) is 14.9 Å². The van der Waals surface area contributed by atoms with E-state index in [-0.39, 0.29) is 12.4 Å². The summed E-state index contributed by atoms with van der Waals surface area (Å²) in [6, 6.07) is 12.5. The summed E-state index contributed by atoms with van der Waals surface area (Å²) in [5, 5.41) is 36.3. The Kier molecular flexibility index (Phi) is 6.45. The van der Waals surface area contributed by atoms with Gasteiger partial charge in [-0.3, -0.25) is 10.1 Å². The first-order valence-electron chi connectivity index (χ1n) is 8.75. The molecule has 0 unspecified atom stereocenters. The fourth-order valence-electron chi connectivity index (χ4n) is 2.49.